The van der Waals surface area contributed by atoms with Crippen molar-refractivity contribution in [3.8, 4) is 0 Å². The predicted octanol–water partition coefficient (Wildman–Crippen LogP) is 5.13. The molecule has 0 aliphatic heterocycles. The van der Waals surface area contributed by atoms with Crippen LogP contribution in [0.5, 0.6) is 0 Å². The van der Waals surface area contributed by atoms with E-state index in [0.717, 1.165) is 12.3 Å². The SMILES string of the molecule is CC(C)[C@H]1CC[C@H](C)C[C@@H]1O[Si](c1ccccc1)(c1ccccc1)c1ccccc1. The maximum Gasteiger partial charge on any atom is 0.288 e. The molecule has 2 heteroatoms. The van der Waals surface area contributed by atoms with Gasteiger partial charge in [0.1, 0.15) is 0 Å². The van der Waals surface area contributed by atoms with E-state index in [-0.39, 0.29) is 0 Å². The van der Waals surface area contributed by atoms with Gasteiger partial charge < -0.3 is 4.43 Å². The van der Waals surface area contributed by atoms with Gasteiger partial charge in [-0.2, -0.15) is 0 Å². The van der Waals surface area contributed by atoms with Gasteiger partial charge >= 0.3 is 0 Å². The van der Waals surface area contributed by atoms with Crippen molar-refractivity contribution in [1.82, 2.24) is 0 Å². The summed E-state index contributed by atoms with van der Waals surface area (Å²) in [6.45, 7) is 7.13. The molecule has 3 atom stereocenters. The topological polar surface area (TPSA) is 9.23 Å². The van der Waals surface area contributed by atoms with Crippen LogP contribution in [0.2, 0.25) is 0 Å². The number of hydrogen-bond donors (Lipinski definition) is 0. The lowest BCUT2D eigenvalue weighted by molar-refractivity contribution is 0.0442. The average molecular weight is 415 g/mol. The van der Waals surface area contributed by atoms with Crippen molar-refractivity contribution in [3.63, 3.8) is 0 Å². The third-order valence-corrected chi connectivity index (χ3v) is 10.9. The highest BCUT2D eigenvalue weighted by Crippen LogP contribution is 2.36. The first-order valence-electron chi connectivity index (χ1n) is 11.5. The Bertz CT molecular complexity index is 810. The lowest BCUT2D eigenvalue weighted by atomic mass is 9.75. The van der Waals surface area contributed by atoms with Gasteiger partial charge in [0.15, 0.2) is 0 Å². The summed E-state index contributed by atoms with van der Waals surface area (Å²) in [6, 6.07) is 33.0. The molecular formula is C28H34OSi. The normalized spacial score (nSPS) is 22.2. The summed E-state index contributed by atoms with van der Waals surface area (Å²) < 4.78 is 7.52. The second-order valence-electron chi connectivity index (χ2n) is 9.26. The summed E-state index contributed by atoms with van der Waals surface area (Å²) in [5.41, 5.74) is 0. The molecule has 0 radical (unpaired) electrons. The van der Waals surface area contributed by atoms with E-state index in [1.807, 2.05) is 0 Å². The third kappa shape index (κ3) is 4.17. The minimum Gasteiger partial charge on any atom is -0.401 e. The maximum absolute atomic E-state index is 7.52. The lowest BCUT2D eigenvalue weighted by Gasteiger charge is -2.44. The van der Waals surface area contributed by atoms with E-state index in [2.05, 4.69) is 112 Å². The summed E-state index contributed by atoms with van der Waals surface area (Å²) in [4.78, 5) is 0. The molecule has 1 saturated carbocycles. The van der Waals surface area contributed by atoms with Gasteiger partial charge in [-0.3, -0.25) is 0 Å². The largest absolute Gasteiger partial charge is 0.401 e. The van der Waals surface area contributed by atoms with Crippen LogP contribution < -0.4 is 15.6 Å². The van der Waals surface area contributed by atoms with Crippen LogP contribution in [0.15, 0.2) is 91.0 Å². The van der Waals surface area contributed by atoms with Crippen molar-refractivity contribution in [2.24, 2.45) is 17.8 Å². The Morgan fingerprint density at radius 1 is 0.700 bits per heavy atom. The van der Waals surface area contributed by atoms with E-state index in [9.17, 15) is 0 Å². The molecule has 1 aliphatic carbocycles. The molecule has 0 bridgehead atoms. The van der Waals surface area contributed by atoms with Crippen LogP contribution in [0.4, 0.5) is 0 Å². The zero-order chi connectivity index (χ0) is 21.0. The quantitative estimate of drug-likeness (QED) is 0.401. The van der Waals surface area contributed by atoms with Gasteiger partial charge in [0, 0.05) is 6.10 Å². The molecule has 4 rings (SSSR count). The zero-order valence-electron chi connectivity index (χ0n) is 18.5. The molecule has 156 valence electrons. The van der Waals surface area contributed by atoms with Crippen molar-refractivity contribution in [3.05, 3.63) is 91.0 Å². The summed E-state index contributed by atoms with van der Waals surface area (Å²) in [6.07, 6.45) is 4.04. The summed E-state index contributed by atoms with van der Waals surface area (Å²) in [5.74, 6) is 1.97. The molecule has 0 unspecified atom stereocenters. The summed E-state index contributed by atoms with van der Waals surface area (Å²) in [5, 5.41) is 4.01. The molecule has 0 saturated heterocycles. The van der Waals surface area contributed by atoms with Crippen LogP contribution in [-0.2, 0) is 4.43 Å². The highest BCUT2D eigenvalue weighted by molar-refractivity contribution is 7.07. The van der Waals surface area contributed by atoms with Crippen molar-refractivity contribution in [2.45, 2.75) is 46.1 Å². The molecule has 30 heavy (non-hydrogen) atoms. The summed E-state index contributed by atoms with van der Waals surface area (Å²) >= 11 is 0. The lowest BCUT2D eigenvalue weighted by Crippen LogP contribution is -2.71. The zero-order valence-corrected chi connectivity index (χ0v) is 19.5. The second-order valence-corrected chi connectivity index (χ2v) is 12.6. The number of hydrogen-bond acceptors (Lipinski definition) is 1. The fraction of sp³-hybridized carbons (Fsp3) is 0.357. The molecule has 1 aliphatic rings. The average Bonchev–Trinajstić information content (AvgIpc) is 2.79. The first-order valence-corrected chi connectivity index (χ1v) is 13.4. The molecule has 0 aromatic heterocycles. The Kier molecular flexibility index (Phi) is 6.55. The van der Waals surface area contributed by atoms with Crippen molar-refractivity contribution < 1.29 is 4.43 Å². The number of benzene rings is 3. The fourth-order valence-electron chi connectivity index (χ4n) is 5.20. The Labute approximate surface area is 183 Å². The van der Waals surface area contributed by atoms with E-state index in [1.54, 1.807) is 0 Å². The van der Waals surface area contributed by atoms with E-state index >= 15 is 0 Å². The van der Waals surface area contributed by atoms with E-state index in [1.165, 1.54) is 28.4 Å². The summed E-state index contributed by atoms with van der Waals surface area (Å²) in [7, 11) is -2.63. The Balaban J connectivity index is 1.91. The minimum absolute atomic E-state index is 0.293. The van der Waals surface area contributed by atoms with Crippen LogP contribution in [0.1, 0.15) is 40.0 Å². The molecule has 0 heterocycles. The van der Waals surface area contributed by atoms with Gasteiger partial charge in [-0.25, -0.2) is 0 Å². The Hall–Kier alpha value is -2.16. The Morgan fingerprint density at radius 2 is 1.13 bits per heavy atom. The van der Waals surface area contributed by atoms with Crippen LogP contribution >= 0.6 is 0 Å². The smallest absolute Gasteiger partial charge is 0.288 e. The van der Waals surface area contributed by atoms with Gasteiger partial charge in [-0.1, -0.05) is 118 Å². The highest BCUT2D eigenvalue weighted by Gasteiger charge is 2.46. The fourth-order valence-corrected chi connectivity index (χ4v) is 9.32. The predicted molar refractivity (Wildman–Crippen MR) is 130 cm³/mol. The van der Waals surface area contributed by atoms with E-state index < -0.39 is 8.32 Å². The molecule has 0 N–H and O–H groups in total. The first-order chi connectivity index (χ1) is 14.6. The van der Waals surface area contributed by atoms with E-state index in [4.69, 9.17) is 4.43 Å². The van der Waals surface area contributed by atoms with E-state index in [0.29, 0.717) is 17.9 Å². The second kappa shape index (κ2) is 9.32. The standard InChI is InChI=1S/C28H34OSi/c1-22(2)27-20-19-23(3)21-28(27)29-30(24-13-7-4-8-14-24,25-15-9-5-10-16-25)26-17-11-6-12-18-26/h4-18,22-23,27-28H,19-21H2,1-3H3/t23-,27+,28-/m0/s1. The number of rotatable bonds is 6. The third-order valence-electron chi connectivity index (χ3n) is 6.83. The monoisotopic (exact) mass is 414 g/mol. The highest BCUT2D eigenvalue weighted by atomic mass is 28.4. The van der Waals surface area contributed by atoms with Gasteiger partial charge in [0.2, 0.25) is 0 Å². The van der Waals surface area contributed by atoms with Crippen molar-refractivity contribution in [1.29, 1.82) is 0 Å². The Morgan fingerprint density at radius 3 is 1.53 bits per heavy atom. The van der Waals surface area contributed by atoms with Gasteiger partial charge in [0.05, 0.1) is 0 Å². The van der Waals surface area contributed by atoms with Gasteiger partial charge in [0.25, 0.3) is 8.32 Å². The van der Waals surface area contributed by atoms with Gasteiger partial charge in [-0.15, -0.1) is 0 Å². The molecule has 3 aromatic rings. The van der Waals surface area contributed by atoms with Crippen LogP contribution in [0.25, 0.3) is 0 Å². The molecule has 1 fully saturated rings. The molecule has 1 nitrogen and oxygen atoms in total. The molecule has 3 aromatic carbocycles. The minimum atomic E-state index is -2.63. The van der Waals surface area contributed by atoms with Gasteiger partial charge in [-0.05, 0) is 46.2 Å². The first kappa shape index (κ1) is 21.1. The molecule has 0 amide bonds. The van der Waals surface area contributed by atoms with Crippen LogP contribution in [0.3, 0.4) is 0 Å². The van der Waals surface area contributed by atoms with Crippen LogP contribution in [0, 0.1) is 17.8 Å². The maximum atomic E-state index is 7.52. The molecular weight excluding hydrogens is 380 g/mol. The van der Waals surface area contributed by atoms with Crippen LogP contribution in [-0.4, -0.2) is 14.4 Å². The van der Waals surface area contributed by atoms with Crippen molar-refractivity contribution >= 4 is 23.9 Å². The molecule has 0 spiro atoms. The van der Waals surface area contributed by atoms with Crippen molar-refractivity contribution in [2.75, 3.05) is 0 Å².